The van der Waals surface area contributed by atoms with E-state index in [9.17, 15) is 9.59 Å². The molecule has 2 N–H and O–H groups in total. The summed E-state index contributed by atoms with van der Waals surface area (Å²) < 4.78 is 0. The van der Waals surface area contributed by atoms with Gasteiger partial charge in [-0.25, -0.2) is 4.79 Å². The molecule has 0 aliphatic heterocycles. The van der Waals surface area contributed by atoms with E-state index in [-0.39, 0.29) is 5.56 Å². The molecule has 0 saturated heterocycles. The summed E-state index contributed by atoms with van der Waals surface area (Å²) in [5, 5.41) is 11.1. The summed E-state index contributed by atoms with van der Waals surface area (Å²) in [7, 11) is 0. The molecule has 0 saturated carbocycles. The average molecular weight is 179 g/mol. The number of carbonyl (C=O) groups excluding carboxylic acids is 1. The third kappa shape index (κ3) is 2.05. The Morgan fingerprint density at radius 1 is 1.54 bits per heavy atom. The third-order valence-corrected chi connectivity index (χ3v) is 1.69. The number of rotatable bonds is 3. The fraction of sp³-hybridized carbons (Fsp3) is 0.111. The molecule has 0 atom stereocenters. The van der Waals surface area contributed by atoms with Gasteiger partial charge in [0.25, 0.3) is 0 Å². The molecule has 1 aromatic carbocycles. The van der Waals surface area contributed by atoms with Crippen molar-refractivity contribution >= 4 is 18.1 Å². The zero-order chi connectivity index (χ0) is 9.84. The number of hydrogen-bond donors (Lipinski definition) is 2. The zero-order valence-corrected chi connectivity index (χ0v) is 7.07. The highest BCUT2D eigenvalue weighted by atomic mass is 16.4. The van der Waals surface area contributed by atoms with Gasteiger partial charge in [-0.05, 0) is 30.7 Å². The van der Waals surface area contributed by atoms with Crippen LogP contribution in [0.3, 0.4) is 0 Å². The normalized spacial score (nSPS) is 9.31. The van der Waals surface area contributed by atoms with Crippen molar-refractivity contribution in [1.82, 2.24) is 0 Å². The molecule has 0 bridgehead atoms. The fourth-order valence-corrected chi connectivity index (χ4v) is 1.02. The van der Waals surface area contributed by atoms with Crippen LogP contribution in [0.15, 0.2) is 18.2 Å². The number of carboxylic acids is 1. The summed E-state index contributed by atoms with van der Waals surface area (Å²) in [4.78, 5) is 20.7. The molecule has 0 aliphatic rings. The van der Waals surface area contributed by atoms with Gasteiger partial charge in [-0.2, -0.15) is 0 Å². The molecule has 1 amide bonds. The molecule has 68 valence electrons. The van der Waals surface area contributed by atoms with E-state index in [1.54, 1.807) is 13.0 Å². The van der Waals surface area contributed by atoms with Crippen LogP contribution in [-0.2, 0) is 4.79 Å². The Hall–Kier alpha value is -1.84. The molecule has 1 rings (SSSR count). The van der Waals surface area contributed by atoms with E-state index in [2.05, 4.69) is 5.32 Å². The number of carboxylic acid groups (broad SMARTS) is 1. The van der Waals surface area contributed by atoms with Crippen LogP contribution in [0.1, 0.15) is 15.9 Å². The lowest BCUT2D eigenvalue weighted by molar-refractivity contribution is -0.105. The monoisotopic (exact) mass is 179 g/mol. The van der Waals surface area contributed by atoms with Crippen LogP contribution in [0.5, 0.6) is 0 Å². The van der Waals surface area contributed by atoms with Crippen LogP contribution < -0.4 is 5.32 Å². The van der Waals surface area contributed by atoms with E-state index in [0.29, 0.717) is 12.1 Å². The topological polar surface area (TPSA) is 66.4 Å². The largest absolute Gasteiger partial charge is 0.478 e. The van der Waals surface area contributed by atoms with E-state index >= 15 is 0 Å². The van der Waals surface area contributed by atoms with Crippen LogP contribution >= 0.6 is 0 Å². The van der Waals surface area contributed by atoms with Crippen molar-refractivity contribution in [2.75, 3.05) is 5.32 Å². The number of aromatic carboxylic acids is 1. The predicted molar refractivity (Wildman–Crippen MR) is 47.8 cm³/mol. The molecule has 1 aromatic rings. The summed E-state index contributed by atoms with van der Waals surface area (Å²) >= 11 is 0. The summed E-state index contributed by atoms with van der Waals surface area (Å²) in [6.07, 6.45) is 0.558. The maximum Gasteiger partial charge on any atom is 0.335 e. The van der Waals surface area contributed by atoms with Gasteiger partial charge in [-0.1, -0.05) is 0 Å². The Bertz CT molecular complexity index is 347. The summed E-state index contributed by atoms with van der Waals surface area (Å²) in [6.45, 7) is 1.73. The smallest absolute Gasteiger partial charge is 0.335 e. The van der Waals surface area contributed by atoms with E-state index in [4.69, 9.17) is 5.11 Å². The van der Waals surface area contributed by atoms with Crippen LogP contribution in [-0.4, -0.2) is 17.5 Å². The molecule has 0 radical (unpaired) electrons. The van der Waals surface area contributed by atoms with Gasteiger partial charge in [-0.3, -0.25) is 4.79 Å². The maximum atomic E-state index is 10.5. The molecular formula is C9H9NO3. The number of nitrogens with one attached hydrogen (secondary N) is 1. The molecule has 0 heterocycles. The average Bonchev–Trinajstić information content (AvgIpc) is 2.08. The van der Waals surface area contributed by atoms with Crippen LogP contribution in [0.4, 0.5) is 5.69 Å². The number of aryl methyl sites for hydroxylation is 1. The molecule has 4 nitrogen and oxygen atoms in total. The van der Waals surface area contributed by atoms with Crippen molar-refractivity contribution in [3.8, 4) is 0 Å². The number of benzene rings is 1. The van der Waals surface area contributed by atoms with Crippen LogP contribution in [0.25, 0.3) is 0 Å². The lowest BCUT2D eigenvalue weighted by atomic mass is 10.1. The Balaban J connectivity index is 3.04. The van der Waals surface area contributed by atoms with Gasteiger partial charge in [0.2, 0.25) is 6.41 Å². The SMILES string of the molecule is Cc1cc(C(=O)O)ccc1NC=O. The summed E-state index contributed by atoms with van der Waals surface area (Å²) in [5.74, 6) is -0.972. The van der Waals surface area contributed by atoms with Crippen LogP contribution in [0.2, 0.25) is 0 Å². The Kier molecular flexibility index (Phi) is 2.64. The molecule has 0 fully saturated rings. The zero-order valence-electron chi connectivity index (χ0n) is 7.07. The van der Waals surface area contributed by atoms with Crippen LogP contribution in [0, 0.1) is 6.92 Å². The first-order valence-corrected chi connectivity index (χ1v) is 3.69. The summed E-state index contributed by atoms with van der Waals surface area (Å²) in [6, 6.07) is 4.52. The quantitative estimate of drug-likeness (QED) is 0.686. The van der Waals surface area contributed by atoms with Gasteiger partial charge in [0.1, 0.15) is 0 Å². The molecule has 0 spiro atoms. The number of anilines is 1. The second-order valence-electron chi connectivity index (χ2n) is 2.60. The Morgan fingerprint density at radius 3 is 2.69 bits per heavy atom. The maximum absolute atomic E-state index is 10.5. The lowest BCUT2D eigenvalue weighted by Crippen LogP contribution is -2.00. The molecule has 0 aromatic heterocycles. The van der Waals surface area contributed by atoms with E-state index in [0.717, 1.165) is 5.56 Å². The Labute approximate surface area is 75.2 Å². The summed E-state index contributed by atoms with van der Waals surface area (Å²) in [5.41, 5.74) is 1.57. The number of hydrogen-bond acceptors (Lipinski definition) is 2. The first-order chi connectivity index (χ1) is 6.15. The van der Waals surface area contributed by atoms with Crippen molar-refractivity contribution < 1.29 is 14.7 Å². The highest BCUT2D eigenvalue weighted by Gasteiger charge is 2.04. The first-order valence-electron chi connectivity index (χ1n) is 3.69. The van der Waals surface area contributed by atoms with Gasteiger partial charge in [0.05, 0.1) is 5.56 Å². The fourth-order valence-electron chi connectivity index (χ4n) is 1.02. The number of amides is 1. The minimum Gasteiger partial charge on any atom is -0.478 e. The highest BCUT2D eigenvalue weighted by Crippen LogP contribution is 2.15. The van der Waals surface area contributed by atoms with Gasteiger partial charge in [0, 0.05) is 5.69 Å². The first kappa shape index (κ1) is 9.25. The van der Waals surface area contributed by atoms with Crippen molar-refractivity contribution in [1.29, 1.82) is 0 Å². The van der Waals surface area contributed by atoms with E-state index in [1.165, 1.54) is 12.1 Å². The molecule has 0 unspecified atom stereocenters. The second kappa shape index (κ2) is 3.71. The molecular weight excluding hydrogens is 170 g/mol. The highest BCUT2D eigenvalue weighted by molar-refractivity contribution is 5.89. The van der Waals surface area contributed by atoms with Crippen molar-refractivity contribution in [2.24, 2.45) is 0 Å². The van der Waals surface area contributed by atoms with Crippen molar-refractivity contribution in [2.45, 2.75) is 6.92 Å². The minimum absolute atomic E-state index is 0.217. The molecule has 4 heteroatoms. The predicted octanol–water partition coefficient (Wildman–Crippen LogP) is 1.26. The van der Waals surface area contributed by atoms with E-state index in [1.807, 2.05) is 0 Å². The Morgan fingerprint density at radius 2 is 2.23 bits per heavy atom. The van der Waals surface area contributed by atoms with Gasteiger partial charge >= 0.3 is 5.97 Å². The molecule has 0 aliphatic carbocycles. The van der Waals surface area contributed by atoms with Crippen molar-refractivity contribution in [3.63, 3.8) is 0 Å². The van der Waals surface area contributed by atoms with Crippen molar-refractivity contribution in [3.05, 3.63) is 29.3 Å². The van der Waals surface area contributed by atoms with Gasteiger partial charge in [0.15, 0.2) is 0 Å². The van der Waals surface area contributed by atoms with Gasteiger partial charge < -0.3 is 10.4 Å². The standard InChI is InChI=1S/C9H9NO3/c1-6-4-7(9(12)13)2-3-8(6)10-5-11/h2-5H,1H3,(H,10,11)(H,12,13). The van der Waals surface area contributed by atoms with E-state index < -0.39 is 5.97 Å². The third-order valence-electron chi connectivity index (χ3n) is 1.69. The molecule has 13 heavy (non-hydrogen) atoms. The van der Waals surface area contributed by atoms with Gasteiger partial charge in [-0.15, -0.1) is 0 Å². The lowest BCUT2D eigenvalue weighted by Gasteiger charge is -2.03. The minimum atomic E-state index is -0.972. The second-order valence-corrected chi connectivity index (χ2v) is 2.60. The number of carbonyl (C=O) groups is 2.